The minimum atomic E-state index is 0.766. The molecule has 1 aliphatic heterocycles. The monoisotopic (exact) mass is 479 g/mol. The molecule has 37 heavy (non-hydrogen) atoms. The number of nitrogens with zero attached hydrogens (tertiary/aromatic N) is 2. The van der Waals surface area contributed by atoms with E-state index in [-0.39, 0.29) is 0 Å². The van der Waals surface area contributed by atoms with Crippen molar-refractivity contribution >= 4 is 72.8 Å². The van der Waals surface area contributed by atoms with Crippen LogP contribution in [0.25, 0.3) is 49.8 Å². The topological polar surface area (TPSA) is 54.4 Å². The first kappa shape index (κ1) is 20.2. The van der Waals surface area contributed by atoms with Crippen LogP contribution in [-0.4, -0.2) is 11.5 Å². The fourth-order valence-corrected chi connectivity index (χ4v) is 5.40. The van der Waals surface area contributed by atoms with Crippen molar-refractivity contribution in [1.82, 2.24) is 4.98 Å². The summed E-state index contributed by atoms with van der Waals surface area (Å²) < 4.78 is 12.3. The van der Waals surface area contributed by atoms with Gasteiger partial charge >= 0.3 is 0 Å². The molecule has 5 nitrogen and oxygen atoms in total. The van der Waals surface area contributed by atoms with Crippen LogP contribution in [0.5, 0.6) is 0 Å². The second-order valence-electron chi connectivity index (χ2n) is 9.28. The fraction of sp³-hybridized carbons (Fsp3) is 0.0312. The third kappa shape index (κ3) is 3.07. The average molecular weight is 480 g/mol. The third-order valence-corrected chi connectivity index (χ3v) is 7.11. The van der Waals surface area contributed by atoms with Crippen molar-refractivity contribution in [2.45, 2.75) is 0 Å². The maximum atomic E-state index is 6.22. The summed E-state index contributed by atoms with van der Waals surface area (Å²) in [5, 5.41) is 8.79. The van der Waals surface area contributed by atoms with E-state index in [1.54, 1.807) is 0 Å². The molecule has 0 fully saturated rings. The molecule has 8 rings (SSSR count). The lowest BCUT2D eigenvalue weighted by molar-refractivity contribution is 0.628. The molecule has 176 valence electrons. The molecule has 0 bridgehead atoms. The van der Waals surface area contributed by atoms with Gasteiger partial charge in [0, 0.05) is 40.5 Å². The van der Waals surface area contributed by atoms with Gasteiger partial charge in [-0.3, -0.25) is 4.90 Å². The van der Waals surface area contributed by atoms with Crippen LogP contribution < -0.4 is 10.2 Å². The Morgan fingerprint density at radius 3 is 2.49 bits per heavy atom. The first-order valence-corrected chi connectivity index (χ1v) is 12.4. The van der Waals surface area contributed by atoms with Gasteiger partial charge in [-0.25, -0.2) is 4.98 Å². The first-order chi connectivity index (χ1) is 18.3. The number of aromatic nitrogens is 1. The van der Waals surface area contributed by atoms with Crippen molar-refractivity contribution in [3.05, 3.63) is 109 Å². The van der Waals surface area contributed by atoms with Gasteiger partial charge in [0.1, 0.15) is 22.6 Å². The number of para-hydroxylation sites is 1. The third-order valence-electron chi connectivity index (χ3n) is 7.11. The maximum absolute atomic E-state index is 6.22. The predicted octanol–water partition coefficient (Wildman–Crippen LogP) is 8.79. The lowest BCUT2D eigenvalue weighted by Gasteiger charge is -2.25. The van der Waals surface area contributed by atoms with Crippen LogP contribution in [0.15, 0.2) is 112 Å². The molecule has 1 N–H and O–H groups in total. The van der Waals surface area contributed by atoms with Crippen LogP contribution >= 0.6 is 0 Å². The zero-order chi connectivity index (χ0) is 24.3. The SMILES string of the molecule is C1=Cc2c(oc3ccc(N(c4ccc5ccccc5c4)c4nccc5oc6ccccc6c45)cc23)NC1. The van der Waals surface area contributed by atoms with Crippen LogP contribution in [-0.2, 0) is 0 Å². The van der Waals surface area contributed by atoms with Gasteiger partial charge in [0.15, 0.2) is 0 Å². The molecule has 0 unspecified atom stereocenters. The second-order valence-corrected chi connectivity index (χ2v) is 9.28. The van der Waals surface area contributed by atoms with Crippen molar-refractivity contribution < 1.29 is 8.83 Å². The standard InChI is InChI=1S/C32H21N3O2/c1-2-7-21-18-22(12-11-20(21)6-1)35(23-13-14-28-26(19-23)24-9-5-16-34-32(24)37-28)31-30-25-8-3-4-10-27(25)36-29(30)15-17-33-31/h1-15,17-19,34H,16H2. The highest BCUT2D eigenvalue weighted by atomic mass is 16.4. The van der Waals surface area contributed by atoms with Gasteiger partial charge in [0.05, 0.1) is 5.39 Å². The highest BCUT2D eigenvalue weighted by molar-refractivity contribution is 6.12. The number of pyridine rings is 1. The molecule has 0 saturated carbocycles. The Morgan fingerprint density at radius 2 is 1.51 bits per heavy atom. The summed E-state index contributed by atoms with van der Waals surface area (Å²) >= 11 is 0. The molecular weight excluding hydrogens is 458 g/mol. The smallest absolute Gasteiger partial charge is 0.201 e. The number of benzene rings is 4. The van der Waals surface area contributed by atoms with Gasteiger partial charge in [0.2, 0.25) is 5.88 Å². The quantitative estimate of drug-likeness (QED) is 0.274. The normalized spacial score (nSPS) is 12.9. The minimum absolute atomic E-state index is 0.766. The summed E-state index contributed by atoms with van der Waals surface area (Å²) in [5.74, 6) is 1.64. The van der Waals surface area contributed by atoms with E-state index in [4.69, 9.17) is 13.8 Å². The van der Waals surface area contributed by atoms with Gasteiger partial charge < -0.3 is 14.2 Å². The van der Waals surface area contributed by atoms with E-state index < -0.39 is 0 Å². The van der Waals surface area contributed by atoms with Gasteiger partial charge in [-0.1, -0.05) is 60.7 Å². The van der Waals surface area contributed by atoms with Crippen LogP contribution in [0.1, 0.15) is 5.56 Å². The summed E-state index contributed by atoms with van der Waals surface area (Å²) in [6.45, 7) is 0.766. The number of fused-ring (bicyclic) bond motifs is 7. The van der Waals surface area contributed by atoms with Crippen molar-refractivity contribution in [2.75, 3.05) is 16.8 Å². The summed E-state index contributed by atoms with van der Waals surface area (Å²) in [6, 6.07) is 31.3. The molecule has 0 spiro atoms. The van der Waals surface area contributed by atoms with E-state index in [2.05, 4.69) is 83.0 Å². The molecule has 0 aliphatic carbocycles. The van der Waals surface area contributed by atoms with Crippen molar-refractivity contribution in [1.29, 1.82) is 0 Å². The molecule has 5 heteroatoms. The minimum Gasteiger partial charge on any atom is -0.456 e. The molecule has 0 saturated heterocycles. The van der Waals surface area contributed by atoms with E-state index in [0.717, 1.165) is 68.1 Å². The Bertz CT molecular complexity index is 2010. The number of hydrogen-bond acceptors (Lipinski definition) is 5. The van der Waals surface area contributed by atoms with E-state index >= 15 is 0 Å². The molecule has 4 aromatic carbocycles. The first-order valence-electron chi connectivity index (χ1n) is 12.4. The molecule has 0 atom stereocenters. The maximum Gasteiger partial charge on any atom is 0.201 e. The summed E-state index contributed by atoms with van der Waals surface area (Å²) in [7, 11) is 0. The number of anilines is 4. The van der Waals surface area contributed by atoms with Crippen molar-refractivity contribution in [2.24, 2.45) is 0 Å². The van der Waals surface area contributed by atoms with Crippen molar-refractivity contribution in [3.63, 3.8) is 0 Å². The summed E-state index contributed by atoms with van der Waals surface area (Å²) in [5.41, 5.74) is 5.60. The Kier molecular flexibility index (Phi) is 4.22. The highest BCUT2D eigenvalue weighted by Crippen LogP contribution is 2.44. The van der Waals surface area contributed by atoms with Crippen molar-refractivity contribution in [3.8, 4) is 0 Å². The Balaban J connectivity index is 1.43. The van der Waals surface area contributed by atoms with Crippen LogP contribution in [0.2, 0.25) is 0 Å². The summed E-state index contributed by atoms with van der Waals surface area (Å²) in [6.07, 6.45) is 6.06. The second kappa shape index (κ2) is 7.73. The lowest BCUT2D eigenvalue weighted by Crippen LogP contribution is -2.12. The Labute approximate surface area is 212 Å². The number of furan rings is 2. The van der Waals surface area contributed by atoms with Crippen LogP contribution in [0.3, 0.4) is 0 Å². The highest BCUT2D eigenvalue weighted by Gasteiger charge is 2.22. The molecule has 4 heterocycles. The van der Waals surface area contributed by atoms with Crippen LogP contribution in [0, 0.1) is 0 Å². The molecule has 1 aliphatic rings. The van der Waals surface area contributed by atoms with Gasteiger partial charge in [-0.15, -0.1) is 0 Å². The van der Waals surface area contributed by atoms with E-state index in [1.807, 2.05) is 36.5 Å². The number of rotatable bonds is 3. The number of nitrogens with one attached hydrogen (secondary N) is 1. The zero-order valence-electron chi connectivity index (χ0n) is 19.8. The molecule has 7 aromatic rings. The molecule has 0 amide bonds. The van der Waals surface area contributed by atoms with E-state index in [1.165, 1.54) is 10.8 Å². The fourth-order valence-electron chi connectivity index (χ4n) is 5.40. The van der Waals surface area contributed by atoms with E-state index in [9.17, 15) is 0 Å². The Hall–Kier alpha value is -5.03. The van der Waals surface area contributed by atoms with E-state index in [0.29, 0.717) is 0 Å². The predicted molar refractivity (Wildman–Crippen MR) is 151 cm³/mol. The largest absolute Gasteiger partial charge is 0.456 e. The van der Waals surface area contributed by atoms with Gasteiger partial charge in [-0.05, 0) is 53.2 Å². The summed E-state index contributed by atoms with van der Waals surface area (Å²) in [4.78, 5) is 7.15. The molecule has 0 radical (unpaired) electrons. The zero-order valence-corrected chi connectivity index (χ0v) is 19.8. The average Bonchev–Trinajstić information content (AvgIpc) is 3.52. The van der Waals surface area contributed by atoms with Crippen LogP contribution in [0.4, 0.5) is 23.1 Å². The Morgan fingerprint density at radius 1 is 0.703 bits per heavy atom. The number of hydrogen-bond donors (Lipinski definition) is 1. The van der Waals surface area contributed by atoms with Gasteiger partial charge in [0.25, 0.3) is 0 Å². The lowest BCUT2D eigenvalue weighted by atomic mass is 10.1. The molecule has 3 aromatic heterocycles. The molecular formula is C32H21N3O2. The van der Waals surface area contributed by atoms with Gasteiger partial charge in [-0.2, -0.15) is 0 Å².